The molecular formula is C28H33N4O3S3+. The minimum atomic E-state index is -3.64. The van der Waals surface area contributed by atoms with Crippen LogP contribution in [0.15, 0.2) is 46.1 Å². The smallest absolute Gasteiger partial charge is 0.274 e. The minimum Gasteiger partial charge on any atom is -0.390 e. The first-order valence-corrected chi connectivity index (χ1v) is 16.5. The molecule has 200 valence electrons. The average Bonchev–Trinajstić information content (AvgIpc) is 3.59. The van der Waals surface area contributed by atoms with Crippen molar-refractivity contribution in [1.29, 1.82) is 0 Å². The summed E-state index contributed by atoms with van der Waals surface area (Å²) in [6.07, 6.45) is 7.96. The quantitative estimate of drug-likeness (QED) is 0.439. The molecule has 1 N–H and O–H groups in total. The fraction of sp³-hybridized carbons (Fsp3) is 0.464. The Morgan fingerprint density at radius 3 is 2.71 bits per heavy atom. The van der Waals surface area contributed by atoms with Crippen LogP contribution in [0, 0.1) is 5.92 Å². The Labute approximate surface area is 232 Å². The molecule has 0 amide bonds. The number of piperidine rings is 1. The summed E-state index contributed by atoms with van der Waals surface area (Å²) in [6, 6.07) is 9.93. The number of hydrogen-bond acceptors (Lipinski definition) is 7. The first-order valence-electron chi connectivity index (χ1n) is 13.3. The Hall–Kier alpha value is -2.08. The predicted molar refractivity (Wildman–Crippen MR) is 155 cm³/mol. The minimum absolute atomic E-state index is 0.289. The van der Waals surface area contributed by atoms with E-state index in [-0.39, 0.29) is 5.92 Å². The van der Waals surface area contributed by atoms with E-state index in [1.165, 1.54) is 21.9 Å². The van der Waals surface area contributed by atoms with Crippen LogP contribution < -0.4 is 8.79 Å². The number of rotatable bonds is 5. The number of likely N-dealkylation sites (tertiary alicyclic amines) is 1. The van der Waals surface area contributed by atoms with Crippen LogP contribution >= 0.6 is 22.7 Å². The summed E-state index contributed by atoms with van der Waals surface area (Å²) in [5.41, 5.74) is 3.61. The molecule has 3 aliphatic heterocycles. The van der Waals surface area contributed by atoms with Gasteiger partial charge in [-0.1, -0.05) is 12.1 Å². The Bertz CT molecular complexity index is 1520. The first-order chi connectivity index (χ1) is 18.2. The summed E-state index contributed by atoms with van der Waals surface area (Å²) in [5, 5.41) is 13.2. The van der Waals surface area contributed by atoms with Crippen molar-refractivity contribution in [3.8, 4) is 0 Å². The molecule has 1 saturated carbocycles. The summed E-state index contributed by atoms with van der Waals surface area (Å²) in [6.45, 7) is 5.08. The van der Waals surface area contributed by atoms with Crippen LogP contribution in [0.4, 0.5) is 11.4 Å². The molecule has 2 fully saturated rings. The van der Waals surface area contributed by atoms with Gasteiger partial charge in [0, 0.05) is 61.2 Å². The maximum Gasteiger partial charge on any atom is 0.274 e. The molecule has 7 nitrogen and oxygen atoms in total. The van der Waals surface area contributed by atoms with Crippen molar-refractivity contribution in [1.82, 2.24) is 14.4 Å². The third-order valence-corrected chi connectivity index (χ3v) is 13.3. The highest BCUT2D eigenvalue weighted by molar-refractivity contribution is 7.94. The molecule has 0 bridgehead atoms. The van der Waals surface area contributed by atoms with E-state index in [2.05, 4.69) is 24.1 Å². The van der Waals surface area contributed by atoms with E-state index in [0.717, 1.165) is 67.3 Å². The topological polar surface area (TPSA) is 73.7 Å². The molecule has 0 radical (unpaired) electrons. The predicted octanol–water partition coefficient (Wildman–Crippen LogP) is 4.99. The largest absolute Gasteiger partial charge is 0.390 e. The van der Waals surface area contributed by atoms with Gasteiger partial charge in [0.15, 0.2) is 16.4 Å². The summed E-state index contributed by atoms with van der Waals surface area (Å²) in [7, 11) is -1.37. The van der Waals surface area contributed by atoms with E-state index < -0.39 is 15.6 Å². The molecule has 1 aromatic carbocycles. The summed E-state index contributed by atoms with van der Waals surface area (Å²) in [5.74, 6) is 0.289. The first kappa shape index (κ1) is 24.9. The van der Waals surface area contributed by atoms with Crippen LogP contribution in [0.2, 0.25) is 0 Å². The van der Waals surface area contributed by atoms with Gasteiger partial charge in [-0.05, 0) is 49.8 Å². The number of anilines is 1. The van der Waals surface area contributed by atoms with E-state index in [4.69, 9.17) is 4.98 Å². The van der Waals surface area contributed by atoms with Gasteiger partial charge >= 0.3 is 0 Å². The number of hydrogen-bond donors (Lipinski definition) is 1. The lowest BCUT2D eigenvalue weighted by Crippen LogP contribution is -2.59. The number of para-hydroxylation sites is 1. The van der Waals surface area contributed by atoms with Crippen molar-refractivity contribution in [3.05, 3.63) is 57.4 Å². The Balaban J connectivity index is 1.25. The summed E-state index contributed by atoms with van der Waals surface area (Å²) >= 11 is 3.04. The molecule has 1 saturated heterocycles. The third kappa shape index (κ3) is 3.76. The molecule has 38 heavy (non-hydrogen) atoms. The van der Waals surface area contributed by atoms with Crippen LogP contribution in [-0.2, 0) is 16.6 Å². The molecule has 7 rings (SSSR count). The summed E-state index contributed by atoms with van der Waals surface area (Å²) in [4.78, 5) is 8.56. The monoisotopic (exact) mass is 569 g/mol. The number of quaternary nitrogens is 1. The highest BCUT2D eigenvalue weighted by Crippen LogP contribution is 2.58. The SMILES string of the molecule is CC1(O)CCN(Cc2cnc(C3=Cc4cccc5c4[N+]3(C)C3CCC3CN5S(=O)(=O)c3cccs3)s2)CC1. The maximum atomic E-state index is 13.8. The van der Waals surface area contributed by atoms with Gasteiger partial charge in [0.05, 0.1) is 12.6 Å². The number of nitrogens with zero attached hydrogens (tertiary/aromatic N) is 4. The Kier molecular flexibility index (Phi) is 5.71. The highest BCUT2D eigenvalue weighted by Gasteiger charge is 2.57. The third-order valence-electron chi connectivity index (χ3n) is 9.14. The molecular weight excluding hydrogens is 537 g/mol. The highest BCUT2D eigenvalue weighted by atomic mass is 32.2. The zero-order chi connectivity index (χ0) is 26.3. The van der Waals surface area contributed by atoms with Gasteiger partial charge in [-0.3, -0.25) is 13.7 Å². The van der Waals surface area contributed by atoms with Crippen LogP contribution in [0.1, 0.15) is 48.1 Å². The number of sulfonamides is 1. The number of aliphatic hydroxyl groups is 1. The van der Waals surface area contributed by atoms with Crippen LogP contribution in [0.5, 0.6) is 0 Å². The van der Waals surface area contributed by atoms with Crippen molar-refractivity contribution in [3.63, 3.8) is 0 Å². The second-order valence-electron chi connectivity index (χ2n) is 11.6. The Morgan fingerprint density at radius 1 is 1.18 bits per heavy atom. The van der Waals surface area contributed by atoms with Crippen molar-refractivity contribution in [2.24, 2.45) is 5.92 Å². The van der Waals surface area contributed by atoms with Gasteiger partial charge in [0.1, 0.15) is 15.9 Å². The number of thiophene rings is 1. The second kappa shape index (κ2) is 8.71. The van der Waals surface area contributed by atoms with Crippen molar-refractivity contribution in [2.45, 2.75) is 55.0 Å². The van der Waals surface area contributed by atoms with E-state index in [9.17, 15) is 13.5 Å². The Morgan fingerprint density at radius 2 is 2.00 bits per heavy atom. The second-order valence-corrected chi connectivity index (χ2v) is 15.7. The van der Waals surface area contributed by atoms with Gasteiger partial charge < -0.3 is 5.11 Å². The van der Waals surface area contributed by atoms with Crippen molar-refractivity contribution in [2.75, 3.05) is 31.0 Å². The maximum absolute atomic E-state index is 13.8. The normalized spacial score (nSPS) is 28.3. The van der Waals surface area contributed by atoms with Crippen LogP contribution in [0.25, 0.3) is 11.8 Å². The lowest BCUT2D eigenvalue weighted by molar-refractivity contribution is -0.00707. The molecule has 5 heterocycles. The van der Waals surface area contributed by atoms with E-state index in [1.807, 2.05) is 36.7 Å². The average molecular weight is 570 g/mol. The zero-order valence-electron chi connectivity index (χ0n) is 21.7. The molecule has 1 aliphatic carbocycles. The van der Waals surface area contributed by atoms with Crippen molar-refractivity contribution < 1.29 is 13.5 Å². The van der Waals surface area contributed by atoms with E-state index in [1.54, 1.807) is 21.7 Å². The molecule has 3 unspecified atom stereocenters. The van der Waals surface area contributed by atoms with Crippen molar-refractivity contribution >= 4 is 55.8 Å². The molecule has 4 aliphatic rings. The fourth-order valence-electron chi connectivity index (χ4n) is 6.79. The number of thiazole rings is 1. The zero-order valence-corrected chi connectivity index (χ0v) is 24.2. The number of benzene rings is 1. The van der Waals surface area contributed by atoms with Gasteiger partial charge in [0.25, 0.3) is 10.0 Å². The van der Waals surface area contributed by atoms with Gasteiger partial charge in [-0.25, -0.2) is 13.4 Å². The molecule has 2 aromatic heterocycles. The molecule has 0 spiro atoms. The van der Waals surface area contributed by atoms with Crippen LogP contribution in [0.3, 0.4) is 0 Å². The van der Waals surface area contributed by atoms with Gasteiger partial charge in [0.2, 0.25) is 0 Å². The van der Waals surface area contributed by atoms with Gasteiger partial charge in [-0.2, -0.15) is 0 Å². The fourth-order valence-corrected chi connectivity index (χ4v) is 10.5. The number of aromatic nitrogens is 1. The van der Waals surface area contributed by atoms with Crippen LogP contribution in [-0.4, -0.2) is 61.7 Å². The standard InChI is InChI=1S/C28H33N4O3S3/c1-28(33)10-12-30(13-11-28)18-21-16-29-27(37-21)24-15-19-5-3-6-22-26(19)32(24,2)23-9-8-20(23)17-31(22)38(34,35)25-7-4-14-36-25/h3-7,14-16,20,23,33H,8-13,17-18H2,1-2H3/q+1. The van der Waals surface area contributed by atoms with E-state index >= 15 is 0 Å². The number of fused-ring (bicyclic) bond motifs is 2. The molecule has 3 aromatic rings. The van der Waals surface area contributed by atoms with E-state index in [0.29, 0.717) is 21.3 Å². The summed E-state index contributed by atoms with van der Waals surface area (Å²) < 4.78 is 30.4. The molecule has 3 atom stereocenters. The molecule has 10 heteroatoms. The lowest BCUT2D eigenvalue weighted by Gasteiger charge is -2.47. The lowest BCUT2D eigenvalue weighted by atomic mass is 9.77. The van der Waals surface area contributed by atoms with Gasteiger partial charge in [-0.15, -0.1) is 22.7 Å².